The Hall–Kier alpha value is -2.85. The molecule has 3 aromatic heterocycles. The molecule has 0 unspecified atom stereocenters. The Balaban J connectivity index is 1.37. The van der Waals surface area contributed by atoms with Gasteiger partial charge in [-0.2, -0.15) is 5.10 Å². The largest absolute Gasteiger partial charge is 0.444 e. The maximum absolute atomic E-state index is 12.2. The van der Waals surface area contributed by atoms with Crippen molar-refractivity contribution in [1.29, 1.82) is 0 Å². The van der Waals surface area contributed by atoms with Gasteiger partial charge in [0.1, 0.15) is 10.8 Å². The number of carbonyl (C=O) groups is 1. The third-order valence-corrected chi connectivity index (χ3v) is 6.20. The molecule has 0 aliphatic carbocycles. The molecule has 2 fully saturated rings. The molecule has 170 valence electrons. The molecule has 2 aliphatic rings. The van der Waals surface area contributed by atoms with Crippen LogP contribution in [0.5, 0.6) is 0 Å². The lowest BCUT2D eigenvalue weighted by Gasteiger charge is -2.44. The van der Waals surface area contributed by atoms with E-state index in [1.807, 2.05) is 49.7 Å². The van der Waals surface area contributed by atoms with E-state index in [0.29, 0.717) is 41.9 Å². The smallest absolute Gasteiger partial charge is 0.410 e. The zero-order chi connectivity index (χ0) is 22.8. The van der Waals surface area contributed by atoms with Crippen molar-refractivity contribution in [2.24, 2.45) is 0 Å². The number of halogens is 1. The second-order valence-electron chi connectivity index (χ2n) is 9.43. The highest BCUT2D eigenvalue weighted by Gasteiger charge is 2.37. The van der Waals surface area contributed by atoms with Gasteiger partial charge in [-0.15, -0.1) is 0 Å². The molecule has 10 nitrogen and oxygen atoms in total. The third kappa shape index (κ3) is 3.57. The number of carbonyl (C=O) groups excluding carboxylic acids is 1. The second kappa shape index (κ2) is 7.35. The van der Waals surface area contributed by atoms with Gasteiger partial charge in [0.05, 0.1) is 36.3 Å². The maximum Gasteiger partial charge on any atom is 0.410 e. The van der Waals surface area contributed by atoms with Gasteiger partial charge in [0, 0.05) is 37.6 Å². The van der Waals surface area contributed by atoms with Crippen LogP contribution < -0.4 is 4.90 Å². The van der Waals surface area contributed by atoms with Crippen molar-refractivity contribution in [3.05, 3.63) is 29.9 Å². The van der Waals surface area contributed by atoms with E-state index in [2.05, 4.69) is 10.1 Å². The van der Waals surface area contributed by atoms with Crippen LogP contribution in [-0.4, -0.2) is 77.6 Å². The Labute approximate surface area is 190 Å². The minimum atomic E-state index is -0.512. The Bertz CT molecular complexity index is 1180. The van der Waals surface area contributed by atoms with Crippen molar-refractivity contribution in [2.45, 2.75) is 51.5 Å². The van der Waals surface area contributed by atoms with Gasteiger partial charge >= 0.3 is 6.09 Å². The van der Waals surface area contributed by atoms with Gasteiger partial charge in [-0.05, 0) is 27.7 Å². The van der Waals surface area contributed by atoms with E-state index in [-0.39, 0.29) is 24.3 Å². The van der Waals surface area contributed by atoms with Crippen LogP contribution in [0.4, 0.5) is 10.6 Å². The normalized spacial score (nSPS) is 21.6. The SMILES string of the molecule is C[C@H]1[C@H](O)CN1c1nc(-c2cnn(C3CN(C(=O)OC(C)(C)C)C3)c2)cn2c(Cl)cnc12. The Morgan fingerprint density at radius 3 is 2.62 bits per heavy atom. The molecule has 2 saturated heterocycles. The van der Waals surface area contributed by atoms with Crippen molar-refractivity contribution >= 4 is 29.2 Å². The highest BCUT2D eigenvalue weighted by Crippen LogP contribution is 2.33. The molecular weight excluding hydrogens is 434 g/mol. The summed E-state index contributed by atoms with van der Waals surface area (Å²) in [7, 11) is 0. The fraction of sp³-hybridized carbons (Fsp3) is 0.524. The van der Waals surface area contributed by atoms with Crippen LogP contribution in [0.15, 0.2) is 24.8 Å². The molecule has 5 heterocycles. The first-order chi connectivity index (χ1) is 15.1. The summed E-state index contributed by atoms with van der Waals surface area (Å²) in [5, 5.41) is 14.9. The number of fused-ring (bicyclic) bond motifs is 1. The van der Waals surface area contributed by atoms with Crippen LogP contribution in [-0.2, 0) is 4.74 Å². The number of aromatic nitrogens is 5. The van der Waals surface area contributed by atoms with Crippen LogP contribution in [0.3, 0.4) is 0 Å². The van der Waals surface area contributed by atoms with E-state index >= 15 is 0 Å². The van der Waals surface area contributed by atoms with Crippen LogP contribution in [0.25, 0.3) is 16.9 Å². The van der Waals surface area contributed by atoms with Gasteiger partial charge < -0.3 is 19.6 Å². The average Bonchev–Trinajstić information content (AvgIpc) is 3.30. The standard InChI is InChI=1S/C21H26ClN7O3/c1-12-16(30)11-27(12)19-18-23-6-17(22)28(18)10-15(25-19)13-5-24-29(7-13)14-8-26(9-14)20(31)32-21(2,3)4/h5-7,10,12,14,16,30H,8-9,11H2,1-4H3/t12-,16+/m0/s1. The number of aliphatic hydroxyl groups is 1. The number of hydrogen-bond donors (Lipinski definition) is 1. The van der Waals surface area contributed by atoms with E-state index in [9.17, 15) is 9.90 Å². The fourth-order valence-electron chi connectivity index (χ4n) is 3.91. The number of rotatable bonds is 3. The summed E-state index contributed by atoms with van der Waals surface area (Å²) in [4.78, 5) is 25.1. The van der Waals surface area contributed by atoms with Gasteiger partial charge in [-0.25, -0.2) is 14.8 Å². The minimum Gasteiger partial charge on any atom is -0.444 e. The van der Waals surface area contributed by atoms with Crippen molar-refractivity contribution < 1.29 is 14.6 Å². The molecular formula is C21H26ClN7O3. The first-order valence-electron chi connectivity index (χ1n) is 10.6. The van der Waals surface area contributed by atoms with Gasteiger partial charge in [0.2, 0.25) is 0 Å². The summed E-state index contributed by atoms with van der Waals surface area (Å²) in [5.41, 5.74) is 1.68. The number of anilines is 1. The van der Waals surface area contributed by atoms with Gasteiger partial charge in [-0.3, -0.25) is 9.08 Å². The Kier molecular flexibility index (Phi) is 4.82. The number of ether oxygens (including phenoxy) is 1. The number of aliphatic hydroxyl groups excluding tert-OH is 1. The lowest BCUT2D eigenvalue weighted by Crippen LogP contribution is -2.59. The molecule has 1 amide bonds. The van der Waals surface area contributed by atoms with Crippen molar-refractivity contribution in [3.63, 3.8) is 0 Å². The zero-order valence-electron chi connectivity index (χ0n) is 18.4. The molecule has 32 heavy (non-hydrogen) atoms. The van der Waals surface area contributed by atoms with E-state index in [1.54, 1.807) is 21.7 Å². The Morgan fingerprint density at radius 2 is 1.97 bits per heavy atom. The van der Waals surface area contributed by atoms with Gasteiger partial charge in [-0.1, -0.05) is 11.6 Å². The van der Waals surface area contributed by atoms with Gasteiger partial charge in [0.25, 0.3) is 0 Å². The molecule has 11 heteroatoms. The number of likely N-dealkylation sites (tertiary alicyclic amines) is 1. The van der Waals surface area contributed by atoms with Crippen LogP contribution in [0, 0.1) is 0 Å². The molecule has 0 spiro atoms. The van der Waals surface area contributed by atoms with Gasteiger partial charge in [0.15, 0.2) is 11.5 Å². The van der Waals surface area contributed by atoms with Crippen molar-refractivity contribution in [2.75, 3.05) is 24.5 Å². The quantitative estimate of drug-likeness (QED) is 0.642. The molecule has 0 aromatic carbocycles. The fourth-order valence-corrected chi connectivity index (χ4v) is 4.09. The van der Waals surface area contributed by atoms with Crippen molar-refractivity contribution in [3.8, 4) is 11.3 Å². The Morgan fingerprint density at radius 1 is 1.22 bits per heavy atom. The molecule has 1 N–H and O–H groups in total. The predicted molar refractivity (Wildman–Crippen MR) is 119 cm³/mol. The van der Waals surface area contributed by atoms with Crippen LogP contribution in [0.1, 0.15) is 33.7 Å². The number of imidazole rings is 1. The summed E-state index contributed by atoms with van der Waals surface area (Å²) in [5.74, 6) is 0.680. The minimum absolute atomic E-state index is 0.0476. The first kappa shape index (κ1) is 21.0. The number of nitrogens with zero attached hydrogens (tertiary/aromatic N) is 7. The maximum atomic E-state index is 12.2. The van der Waals surface area contributed by atoms with E-state index in [0.717, 1.165) is 5.56 Å². The predicted octanol–water partition coefficient (Wildman–Crippen LogP) is 2.61. The number of β-amino-alcohol motifs (C(OH)–C–C–N with tert-alkyl or cyclic N) is 1. The molecule has 0 saturated carbocycles. The topological polar surface area (TPSA) is 101 Å². The molecule has 5 rings (SSSR count). The number of amides is 1. The molecule has 3 aromatic rings. The summed E-state index contributed by atoms with van der Waals surface area (Å²) in [6, 6.07) is 0.0374. The van der Waals surface area contributed by atoms with E-state index < -0.39 is 5.60 Å². The average molecular weight is 460 g/mol. The molecule has 2 aliphatic heterocycles. The monoisotopic (exact) mass is 459 g/mol. The van der Waals surface area contributed by atoms with Crippen LogP contribution >= 0.6 is 11.6 Å². The van der Waals surface area contributed by atoms with E-state index in [4.69, 9.17) is 21.3 Å². The first-order valence-corrected chi connectivity index (χ1v) is 11.0. The molecule has 0 radical (unpaired) electrons. The highest BCUT2D eigenvalue weighted by atomic mass is 35.5. The second-order valence-corrected chi connectivity index (χ2v) is 9.82. The molecule has 0 bridgehead atoms. The zero-order valence-corrected chi connectivity index (χ0v) is 19.2. The number of hydrogen-bond acceptors (Lipinski definition) is 7. The lowest BCUT2D eigenvalue weighted by atomic mass is 10.0. The summed E-state index contributed by atoms with van der Waals surface area (Å²) in [6.07, 6.45) is 6.42. The summed E-state index contributed by atoms with van der Waals surface area (Å²) in [6.45, 7) is 9.11. The summed E-state index contributed by atoms with van der Waals surface area (Å²) >= 11 is 6.35. The third-order valence-electron chi connectivity index (χ3n) is 5.92. The lowest BCUT2D eigenvalue weighted by molar-refractivity contribution is -0.000384. The van der Waals surface area contributed by atoms with Crippen molar-refractivity contribution in [1.82, 2.24) is 29.0 Å². The summed E-state index contributed by atoms with van der Waals surface area (Å²) < 4.78 is 9.06. The molecule has 2 atom stereocenters. The highest BCUT2D eigenvalue weighted by molar-refractivity contribution is 6.29. The van der Waals surface area contributed by atoms with E-state index in [1.165, 1.54) is 0 Å². The van der Waals surface area contributed by atoms with Crippen LogP contribution in [0.2, 0.25) is 5.15 Å².